The maximum Gasteiger partial charge on any atom is 0.338 e. The number of benzene rings is 2. The van der Waals surface area contributed by atoms with Crippen LogP contribution in [0.25, 0.3) is 0 Å². The van der Waals surface area contributed by atoms with Crippen molar-refractivity contribution in [1.82, 2.24) is 0 Å². The number of thioether (sulfide) groups is 1. The van der Waals surface area contributed by atoms with E-state index in [-0.39, 0.29) is 12.5 Å². The number of rotatable bonds is 3. The van der Waals surface area contributed by atoms with Crippen LogP contribution >= 0.6 is 11.8 Å². The van der Waals surface area contributed by atoms with Crippen LogP contribution in [0.15, 0.2) is 53.4 Å². The largest absolute Gasteiger partial charge is 0.452 e. The molecule has 1 heterocycles. The van der Waals surface area contributed by atoms with Gasteiger partial charge in [-0.3, -0.25) is 4.79 Å². The van der Waals surface area contributed by atoms with Gasteiger partial charge in [-0.25, -0.2) is 4.79 Å². The molecule has 0 spiro atoms. The molecule has 0 unspecified atom stereocenters. The first-order valence-corrected chi connectivity index (χ1v) is 8.37. The number of hydrogen-bond acceptors (Lipinski definition) is 5. The average Bonchev–Trinajstić information content (AvgIpc) is 2.65. The zero-order valence-electron chi connectivity index (χ0n) is 12.8. The fourth-order valence-corrected chi connectivity index (χ4v) is 3.39. The van der Waals surface area contributed by atoms with Crippen molar-refractivity contribution in [3.63, 3.8) is 0 Å². The number of esters is 1. The second-order valence-electron chi connectivity index (χ2n) is 5.13. The van der Waals surface area contributed by atoms with E-state index >= 15 is 0 Å². The van der Waals surface area contributed by atoms with Crippen LogP contribution in [0.2, 0.25) is 0 Å². The molecule has 2 aromatic rings. The second kappa shape index (κ2) is 7.20. The molecule has 0 bridgehead atoms. The van der Waals surface area contributed by atoms with Crippen molar-refractivity contribution in [1.29, 1.82) is 5.26 Å². The quantitative estimate of drug-likeness (QED) is 0.805. The molecule has 120 valence electrons. The SMILES string of the molecule is N#Cc1ccc(C(=O)OCC(=O)N2CCSc3ccccc32)cc1. The minimum absolute atomic E-state index is 0.246. The summed E-state index contributed by atoms with van der Waals surface area (Å²) < 4.78 is 5.11. The van der Waals surface area contributed by atoms with Crippen molar-refractivity contribution in [3.8, 4) is 6.07 Å². The van der Waals surface area contributed by atoms with Crippen LogP contribution in [0.3, 0.4) is 0 Å². The Balaban J connectivity index is 1.63. The number of nitrogens with zero attached hydrogens (tertiary/aromatic N) is 2. The van der Waals surface area contributed by atoms with Gasteiger partial charge in [-0.2, -0.15) is 5.26 Å². The van der Waals surface area contributed by atoms with Crippen LogP contribution < -0.4 is 4.90 Å². The molecule has 1 aliphatic heterocycles. The Kier molecular flexibility index (Phi) is 4.82. The minimum Gasteiger partial charge on any atom is -0.452 e. The molecule has 0 aromatic heterocycles. The van der Waals surface area contributed by atoms with Crippen molar-refractivity contribution < 1.29 is 14.3 Å². The maximum atomic E-state index is 12.4. The van der Waals surface area contributed by atoms with E-state index in [2.05, 4.69) is 0 Å². The van der Waals surface area contributed by atoms with Gasteiger partial charge in [-0.05, 0) is 36.4 Å². The van der Waals surface area contributed by atoms with E-state index in [9.17, 15) is 9.59 Å². The number of amides is 1. The van der Waals surface area contributed by atoms with Gasteiger partial charge < -0.3 is 9.64 Å². The van der Waals surface area contributed by atoms with Gasteiger partial charge >= 0.3 is 5.97 Å². The normalized spacial score (nSPS) is 12.9. The smallest absolute Gasteiger partial charge is 0.338 e. The van der Waals surface area contributed by atoms with Gasteiger partial charge in [0.15, 0.2) is 6.61 Å². The molecule has 24 heavy (non-hydrogen) atoms. The number of ether oxygens (including phenoxy) is 1. The third-order valence-corrected chi connectivity index (χ3v) is 4.65. The molecule has 2 aromatic carbocycles. The molecule has 0 fully saturated rings. The highest BCUT2D eigenvalue weighted by Crippen LogP contribution is 2.34. The third kappa shape index (κ3) is 3.42. The Morgan fingerprint density at radius 3 is 2.67 bits per heavy atom. The highest BCUT2D eigenvalue weighted by Gasteiger charge is 2.23. The first-order valence-electron chi connectivity index (χ1n) is 7.38. The molecule has 0 saturated carbocycles. The predicted octanol–water partition coefficient (Wildman–Crippen LogP) is 2.85. The second-order valence-corrected chi connectivity index (χ2v) is 6.26. The molecule has 0 radical (unpaired) electrons. The molecule has 0 N–H and O–H groups in total. The third-order valence-electron chi connectivity index (χ3n) is 3.61. The molecular weight excluding hydrogens is 324 g/mol. The van der Waals surface area contributed by atoms with E-state index in [0.29, 0.717) is 17.7 Å². The zero-order valence-corrected chi connectivity index (χ0v) is 13.6. The van der Waals surface area contributed by atoms with Gasteiger partial charge in [0.2, 0.25) is 0 Å². The molecule has 1 aliphatic rings. The standard InChI is InChI=1S/C18H14N2O3S/c19-11-13-5-7-14(8-6-13)18(22)23-12-17(21)20-9-10-24-16-4-2-1-3-15(16)20/h1-8H,9-10,12H2. The Bertz CT molecular complexity index is 812. The molecule has 6 heteroatoms. The molecule has 0 aliphatic carbocycles. The van der Waals surface area contributed by atoms with Crippen molar-refractivity contribution >= 4 is 29.3 Å². The van der Waals surface area contributed by atoms with Crippen molar-refractivity contribution in [2.24, 2.45) is 0 Å². The topological polar surface area (TPSA) is 70.4 Å². The summed E-state index contributed by atoms with van der Waals surface area (Å²) in [6.07, 6.45) is 0. The van der Waals surface area contributed by atoms with E-state index < -0.39 is 5.97 Å². The van der Waals surface area contributed by atoms with Gasteiger partial charge in [0.25, 0.3) is 5.91 Å². The van der Waals surface area contributed by atoms with Crippen LogP contribution in [0.5, 0.6) is 0 Å². The van der Waals surface area contributed by atoms with Gasteiger partial charge in [-0.15, -0.1) is 11.8 Å². The highest BCUT2D eigenvalue weighted by molar-refractivity contribution is 7.99. The van der Waals surface area contributed by atoms with Crippen molar-refractivity contribution in [2.75, 3.05) is 23.8 Å². The summed E-state index contributed by atoms with van der Waals surface area (Å²) in [5.74, 6) is -0.0102. The summed E-state index contributed by atoms with van der Waals surface area (Å²) in [4.78, 5) is 27.1. The monoisotopic (exact) mass is 338 g/mol. The van der Waals surface area contributed by atoms with E-state index in [1.165, 1.54) is 24.3 Å². The van der Waals surface area contributed by atoms with Crippen molar-refractivity contribution in [2.45, 2.75) is 4.90 Å². The first kappa shape index (κ1) is 16.1. The Morgan fingerprint density at radius 2 is 1.92 bits per heavy atom. The molecular formula is C18H14N2O3S. The maximum absolute atomic E-state index is 12.4. The summed E-state index contributed by atoms with van der Waals surface area (Å²) in [6, 6.07) is 15.8. The van der Waals surface area contributed by atoms with Gasteiger partial charge in [-0.1, -0.05) is 12.1 Å². The lowest BCUT2D eigenvalue weighted by Gasteiger charge is -2.28. The number of anilines is 1. The summed E-state index contributed by atoms with van der Waals surface area (Å²) in [7, 11) is 0. The van der Waals surface area contributed by atoms with Crippen LogP contribution in [-0.2, 0) is 9.53 Å². The van der Waals surface area contributed by atoms with E-state index in [1.54, 1.807) is 16.7 Å². The molecule has 0 atom stereocenters. The fraction of sp³-hybridized carbons (Fsp3) is 0.167. The van der Waals surface area contributed by atoms with E-state index in [1.807, 2.05) is 30.3 Å². The van der Waals surface area contributed by atoms with Gasteiger partial charge in [0, 0.05) is 17.2 Å². The number of hydrogen-bond donors (Lipinski definition) is 0. The van der Waals surface area contributed by atoms with Gasteiger partial charge in [0.1, 0.15) is 0 Å². The van der Waals surface area contributed by atoms with Crippen LogP contribution in [0, 0.1) is 11.3 Å². The van der Waals surface area contributed by atoms with Crippen LogP contribution in [0.4, 0.5) is 5.69 Å². The van der Waals surface area contributed by atoms with Gasteiger partial charge in [0.05, 0.1) is 22.9 Å². The number of carbonyl (C=O) groups excluding carboxylic acids is 2. The van der Waals surface area contributed by atoms with Crippen LogP contribution in [-0.4, -0.2) is 30.8 Å². The fourth-order valence-electron chi connectivity index (χ4n) is 2.40. The molecule has 0 saturated heterocycles. The predicted molar refractivity (Wildman–Crippen MR) is 91.0 cm³/mol. The molecule has 1 amide bonds. The molecule has 3 rings (SSSR count). The average molecular weight is 338 g/mol. The van der Waals surface area contributed by atoms with Crippen molar-refractivity contribution in [3.05, 3.63) is 59.7 Å². The Hall–Kier alpha value is -2.78. The van der Waals surface area contributed by atoms with E-state index in [0.717, 1.165) is 16.3 Å². The highest BCUT2D eigenvalue weighted by atomic mass is 32.2. The number of fused-ring (bicyclic) bond motifs is 1. The lowest BCUT2D eigenvalue weighted by atomic mass is 10.1. The summed E-state index contributed by atoms with van der Waals surface area (Å²) >= 11 is 1.71. The number of nitriles is 1. The number of para-hydroxylation sites is 1. The lowest BCUT2D eigenvalue weighted by molar-refractivity contribution is -0.121. The summed E-state index contributed by atoms with van der Waals surface area (Å²) in [5, 5.41) is 8.75. The number of carbonyl (C=O) groups is 2. The minimum atomic E-state index is -0.576. The zero-order chi connectivity index (χ0) is 16.9. The van der Waals surface area contributed by atoms with E-state index in [4.69, 9.17) is 10.00 Å². The molecule has 5 nitrogen and oxygen atoms in total. The Labute approximate surface area is 143 Å². The summed E-state index contributed by atoms with van der Waals surface area (Å²) in [5.41, 5.74) is 1.63. The first-order chi connectivity index (χ1) is 11.7. The lowest BCUT2D eigenvalue weighted by Crippen LogP contribution is -2.38. The Morgan fingerprint density at radius 1 is 1.17 bits per heavy atom. The summed E-state index contributed by atoms with van der Waals surface area (Å²) in [6.45, 7) is 0.284. The van der Waals surface area contributed by atoms with Crippen LogP contribution in [0.1, 0.15) is 15.9 Å².